The molecular weight excluding hydrogens is 153 g/mol. The quantitative estimate of drug-likeness (QED) is 0.499. The van der Waals surface area contributed by atoms with Crippen LogP contribution in [-0.4, -0.2) is 5.28 Å². The predicted octanol–water partition coefficient (Wildman–Crippen LogP) is 2.05. The van der Waals surface area contributed by atoms with Crippen molar-refractivity contribution in [3.8, 4) is 0 Å². The fourth-order valence-corrected chi connectivity index (χ4v) is 3.11. The summed E-state index contributed by atoms with van der Waals surface area (Å²) in [7, 11) is -0.0388. The zero-order valence-electron chi connectivity index (χ0n) is 6.83. The minimum Gasteiger partial charge on any atom is -0.280 e. The van der Waals surface area contributed by atoms with Crippen molar-refractivity contribution in [3.63, 3.8) is 0 Å². The molecule has 1 heterocycles. The SMILES string of the molecule is CC1(C)NP1c1ccccc1. The summed E-state index contributed by atoms with van der Waals surface area (Å²) in [6.45, 7) is 4.51. The normalized spacial score (nSPS) is 26.5. The maximum absolute atomic E-state index is 3.49. The highest BCUT2D eigenvalue weighted by molar-refractivity contribution is 7.71. The Morgan fingerprint density at radius 2 is 1.73 bits per heavy atom. The van der Waals surface area contributed by atoms with Gasteiger partial charge in [-0.05, 0) is 19.2 Å². The average Bonchev–Trinajstić information content (AvgIpc) is 2.62. The summed E-state index contributed by atoms with van der Waals surface area (Å²) in [6.07, 6.45) is 0. The predicted molar refractivity (Wildman–Crippen MR) is 50.2 cm³/mol. The maximum atomic E-state index is 3.49. The first kappa shape index (κ1) is 7.27. The van der Waals surface area contributed by atoms with Crippen molar-refractivity contribution in [2.45, 2.75) is 19.1 Å². The van der Waals surface area contributed by atoms with Crippen LogP contribution in [0.15, 0.2) is 30.3 Å². The molecule has 0 radical (unpaired) electrons. The highest BCUT2D eigenvalue weighted by atomic mass is 31.1. The van der Waals surface area contributed by atoms with E-state index >= 15 is 0 Å². The van der Waals surface area contributed by atoms with Crippen LogP contribution in [0.1, 0.15) is 13.8 Å². The van der Waals surface area contributed by atoms with E-state index in [9.17, 15) is 0 Å². The standard InChI is InChI=1S/C9H12NP/c1-9(2)10-11(9)8-6-4-3-5-7-8/h3-7,10H,1-2H3. The highest BCUT2D eigenvalue weighted by Gasteiger charge is 2.45. The van der Waals surface area contributed by atoms with Crippen molar-refractivity contribution >= 4 is 13.4 Å². The van der Waals surface area contributed by atoms with Crippen LogP contribution in [0.25, 0.3) is 0 Å². The summed E-state index contributed by atoms with van der Waals surface area (Å²) in [5.74, 6) is 0. The molecule has 1 atom stereocenters. The Balaban J connectivity index is 2.21. The number of nitrogens with one attached hydrogen (secondary N) is 1. The minimum absolute atomic E-state index is 0.0388. The van der Waals surface area contributed by atoms with Crippen LogP contribution in [0.4, 0.5) is 0 Å². The third-order valence-corrected chi connectivity index (χ3v) is 4.51. The van der Waals surface area contributed by atoms with Crippen molar-refractivity contribution in [3.05, 3.63) is 30.3 Å². The first-order valence-electron chi connectivity index (χ1n) is 3.83. The molecule has 1 unspecified atom stereocenters. The van der Waals surface area contributed by atoms with Crippen LogP contribution in [0.2, 0.25) is 0 Å². The molecule has 1 aliphatic rings. The lowest BCUT2D eigenvalue weighted by molar-refractivity contribution is 0.807. The lowest BCUT2D eigenvalue weighted by atomic mass is 10.4. The second-order valence-electron chi connectivity index (χ2n) is 3.34. The van der Waals surface area contributed by atoms with Crippen LogP contribution < -0.4 is 10.4 Å². The van der Waals surface area contributed by atoms with E-state index in [1.807, 2.05) is 0 Å². The maximum Gasteiger partial charge on any atom is 0.0537 e. The van der Waals surface area contributed by atoms with Gasteiger partial charge in [-0.15, -0.1) is 0 Å². The molecule has 0 saturated carbocycles. The van der Waals surface area contributed by atoms with Crippen LogP contribution in [0.5, 0.6) is 0 Å². The molecule has 1 N–H and O–H groups in total. The molecule has 0 bridgehead atoms. The van der Waals surface area contributed by atoms with Crippen LogP contribution in [0.3, 0.4) is 0 Å². The van der Waals surface area contributed by atoms with Crippen LogP contribution in [0, 0.1) is 0 Å². The van der Waals surface area contributed by atoms with Crippen molar-refractivity contribution in [1.29, 1.82) is 0 Å². The molecule has 0 spiro atoms. The number of rotatable bonds is 1. The fourth-order valence-electron chi connectivity index (χ4n) is 1.21. The first-order chi connectivity index (χ1) is 5.20. The molecule has 1 nitrogen and oxygen atoms in total. The van der Waals surface area contributed by atoms with Gasteiger partial charge in [-0.3, -0.25) is 5.09 Å². The Kier molecular flexibility index (Phi) is 1.52. The second-order valence-corrected chi connectivity index (χ2v) is 5.87. The van der Waals surface area contributed by atoms with Gasteiger partial charge in [-0.25, -0.2) is 0 Å². The third kappa shape index (κ3) is 1.31. The Morgan fingerprint density at radius 1 is 1.18 bits per heavy atom. The van der Waals surface area contributed by atoms with Gasteiger partial charge in [-0.2, -0.15) is 0 Å². The molecule has 0 aliphatic carbocycles. The van der Waals surface area contributed by atoms with E-state index in [1.165, 1.54) is 5.30 Å². The Hall–Kier alpha value is -0.390. The van der Waals surface area contributed by atoms with Crippen LogP contribution >= 0.6 is 8.07 Å². The average molecular weight is 165 g/mol. The summed E-state index contributed by atoms with van der Waals surface area (Å²) in [6, 6.07) is 10.7. The Morgan fingerprint density at radius 3 is 2.18 bits per heavy atom. The lowest BCUT2D eigenvalue weighted by Gasteiger charge is -1.98. The molecule has 1 saturated heterocycles. The Bertz CT molecular complexity index is 256. The van der Waals surface area contributed by atoms with Crippen LogP contribution in [-0.2, 0) is 0 Å². The van der Waals surface area contributed by atoms with E-state index in [0.717, 1.165) is 0 Å². The monoisotopic (exact) mass is 165 g/mol. The largest absolute Gasteiger partial charge is 0.280 e. The summed E-state index contributed by atoms with van der Waals surface area (Å²) in [5.41, 5.74) is 0. The van der Waals surface area contributed by atoms with Crippen molar-refractivity contribution in [2.75, 3.05) is 0 Å². The zero-order valence-corrected chi connectivity index (χ0v) is 7.73. The summed E-state index contributed by atoms with van der Waals surface area (Å²) >= 11 is 0. The second kappa shape index (κ2) is 2.30. The van der Waals surface area contributed by atoms with Crippen molar-refractivity contribution in [2.24, 2.45) is 0 Å². The summed E-state index contributed by atoms with van der Waals surface area (Å²) in [5, 5.41) is 5.34. The lowest BCUT2D eigenvalue weighted by Crippen LogP contribution is -2.00. The molecular formula is C9H12NP. The van der Waals surface area contributed by atoms with Gasteiger partial charge in [-0.1, -0.05) is 30.3 Å². The molecule has 58 valence electrons. The van der Waals surface area contributed by atoms with E-state index in [4.69, 9.17) is 0 Å². The van der Waals surface area contributed by atoms with Gasteiger partial charge in [0.05, 0.1) is 5.28 Å². The van der Waals surface area contributed by atoms with Crippen molar-refractivity contribution in [1.82, 2.24) is 5.09 Å². The van der Waals surface area contributed by atoms with E-state index in [0.29, 0.717) is 5.28 Å². The van der Waals surface area contributed by atoms with E-state index < -0.39 is 0 Å². The van der Waals surface area contributed by atoms with Gasteiger partial charge in [0.15, 0.2) is 0 Å². The summed E-state index contributed by atoms with van der Waals surface area (Å²) in [4.78, 5) is 0. The molecule has 0 amide bonds. The smallest absolute Gasteiger partial charge is 0.0537 e. The fraction of sp³-hybridized carbons (Fsp3) is 0.333. The van der Waals surface area contributed by atoms with E-state index in [2.05, 4.69) is 49.3 Å². The minimum atomic E-state index is -0.0388. The number of hydrogen-bond donors (Lipinski definition) is 1. The third-order valence-electron chi connectivity index (χ3n) is 1.91. The van der Waals surface area contributed by atoms with Gasteiger partial charge < -0.3 is 0 Å². The number of hydrogen-bond acceptors (Lipinski definition) is 1. The van der Waals surface area contributed by atoms with Crippen molar-refractivity contribution < 1.29 is 0 Å². The molecule has 1 aromatic rings. The van der Waals surface area contributed by atoms with Gasteiger partial charge >= 0.3 is 0 Å². The molecule has 2 heteroatoms. The molecule has 1 aliphatic heterocycles. The topological polar surface area (TPSA) is 21.9 Å². The molecule has 0 aromatic heterocycles. The first-order valence-corrected chi connectivity index (χ1v) is 5.17. The molecule has 1 aromatic carbocycles. The summed E-state index contributed by atoms with van der Waals surface area (Å²) < 4.78 is 0. The Labute approximate surface area is 68.6 Å². The van der Waals surface area contributed by atoms with Gasteiger partial charge in [0.2, 0.25) is 0 Å². The molecule has 2 rings (SSSR count). The zero-order chi connectivity index (χ0) is 7.90. The van der Waals surface area contributed by atoms with Gasteiger partial charge in [0.1, 0.15) is 0 Å². The molecule has 11 heavy (non-hydrogen) atoms. The van der Waals surface area contributed by atoms with E-state index in [1.54, 1.807) is 0 Å². The van der Waals surface area contributed by atoms with Gasteiger partial charge in [0.25, 0.3) is 0 Å². The van der Waals surface area contributed by atoms with Gasteiger partial charge in [0, 0.05) is 8.07 Å². The highest BCUT2D eigenvalue weighted by Crippen LogP contribution is 2.59. The number of benzene rings is 1. The van der Waals surface area contributed by atoms with E-state index in [-0.39, 0.29) is 8.07 Å². The molecule has 1 fully saturated rings.